The molecule has 2 nitrogen and oxygen atoms in total. The van der Waals surface area contributed by atoms with E-state index in [4.69, 9.17) is 5.73 Å². The Bertz CT molecular complexity index is 320. The number of hydrogen-bond donors (Lipinski definition) is 2. The van der Waals surface area contributed by atoms with Crippen LogP contribution >= 0.6 is 0 Å². The van der Waals surface area contributed by atoms with Crippen LogP contribution in [0.4, 0.5) is 0 Å². The highest BCUT2D eigenvalue weighted by Gasteiger charge is 2.19. The predicted molar refractivity (Wildman–Crippen MR) is 68.5 cm³/mol. The standard InChI is InChI=1S/C14H23NO/c1-14(2,11-16)13-8-5-7-12(10-13)6-3-4-9-15/h5,7-8,10,16H,3-4,6,9,11,15H2,1-2H3. The summed E-state index contributed by atoms with van der Waals surface area (Å²) in [6, 6.07) is 8.51. The van der Waals surface area contributed by atoms with E-state index in [9.17, 15) is 5.11 Å². The lowest BCUT2D eigenvalue weighted by molar-refractivity contribution is 0.218. The molecule has 0 saturated carbocycles. The molecule has 0 aliphatic rings. The average Bonchev–Trinajstić information content (AvgIpc) is 2.30. The number of rotatable bonds is 6. The molecule has 90 valence electrons. The van der Waals surface area contributed by atoms with Gasteiger partial charge in [-0.15, -0.1) is 0 Å². The molecule has 0 radical (unpaired) electrons. The topological polar surface area (TPSA) is 46.2 Å². The van der Waals surface area contributed by atoms with Crippen LogP contribution in [0.25, 0.3) is 0 Å². The molecule has 1 aromatic carbocycles. The summed E-state index contributed by atoms with van der Waals surface area (Å²) in [4.78, 5) is 0. The summed E-state index contributed by atoms with van der Waals surface area (Å²) < 4.78 is 0. The first-order valence-electron chi connectivity index (χ1n) is 6.00. The van der Waals surface area contributed by atoms with Gasteiger partial charge in [0.05, 0.1) is 6.61 Å². The van der Waals surface area contributed by atoms with E-state index in [2.05, 4.69) is 38.1 Å². The molecular formula is C14H23NO. The molecule has 16 heavy (non-hydrogen) atoms. The second kappa shape index (κ2) is 6.02. The number of nitrogens with two attached hydrogens (primary N) is 1. The summed E-state index contributed by atoms with van der Waals surface area (Å²) in [5, 5.41) is 9.34. The number of unbranched alkanes of at least 4 members (excludes halogenated alkanes) is 1. The van der Waals surface area contributed by atoms with Gasteiger partial charge in [0.15, 0.2) is 0 Å². The maximum atomic E-state index is 9.34. The smallest absolute Gasteiger partial charge is 0.0522 e. The molecule has 3 N–H and O–H groups in total. The van der Waals surface area contributed by atoms with Crippen molar-refractivity contribution in [2.24, 2.45) is 5.73 Å². The highest BCUT2D eigenvalue weighted by atomic mass is 16.3. The van der Waals surface area contributed by atoms with Gasteiger partial charge in [-0.1, -0.05) is 38.1 Å². The molecule has 0 aliphatic heterocycles. The summed E-state index contributed by atoms with van der Waals surface area (Å²) >= 11 is 0. The van der Waals surface area contributed by atoms with Crippen LogP contribution in [-0.2, 0) is 11.8 Å². The van der Waals surface area contributed by atoms with E-state index in [1.807, 2.05) is 0 Å². The van der Waals surface area contributed by atoms with Crippen molar-refractivity contribution in [2.45, 2.75) is 38.5 Å². The monoisotopic (exact) mass is 221 g/mol. The van der Waals surface area contributed by atoms with E-state index < -0.39 is 0 Å². The summed E-state index contributed by atoms with van der Waals surface area (Å²) in [5.41, 5.74) is 7.88. The molecule has 0 fully saturated rings. The van der Waals surface area contributed by atoms with Gasteiger partial charge in [-0.25, -0.2) is 0 Å². The van der Waals surface area contributed by atoms with Gasteiger partial charge in [0.1, 0.15) is 0 Å². The van der Waals surface area contributed by atoms with Gasteiger partial charge >= 0.3 is 0 Å². The Labute approximate surface area is 98.5 Å². The van der Waals surface area contributed by atoms with Crippen LogP contribution in [-0.4, -0.2) is 18.3 Å². The fourth-order valence-electron chi connectivity index (χ4n) is 1.71. The highest BCUT2D eigenvalue weighted by molar-refractivity contribution is 5.29. The van der Waals surface area contributed by atoms with Gasteiger partial charge in [0.2, 0.25) is 0 Å². The zero-order valence-electron chi connectivity index (χ0n) is 10.4. The van der Waals surface area contributed by atoms with Gasteiger partial charge in [-0.2, -0.15) is 0 Å². The van der Waals surface area contributed by atoms with Crippen molar-refractivity contribution in [1.29, 1.82) is 0 Å². The first-order chi connectivity index (χ1) is 7.60. The second-order valence-corrected chi connectivity index (χ2v) is 4.99. The minimum absolute atomic E-state index is 0.149. The highest BCUT2D eigenvalue weighted by Crippen LogP contribution is 2.23. The van der Waals surface area contributed by atoms with Crippen molar-refractivity contribution < 1.29 is 5.11 Å². The number of aliphatic hydroxyl groups excluding tert-OH is 1. The minimum atomic E-state index is -0.149. The molecule has 1 aromatic rings. The average molecular weight is 221 g/mol. The van der Waals surface area contributed by atoms with Crippen LogP contribution in [0.2, 0.25) is 0 Å². The fraction of sp³-hybridized carbons (Fsp3) is 0.571. The van der Waals surface area contributed by atoms with Gasteiger partial charge in [0.25, 0.3) is 0 Å². The SMILES string of the molecule is CC(C)(CO)c1cccc(CCCCN)c1. The van der Waals surface area contributed by atoms with Crippen LogP contribution in [0.1, 0.15) is 37.8 Å². The van der Waals surface area contributed by atoms with Crippen molar-refractivity contribution >= 4 is 0 Å². The first kappa shape index (κ1) is 13.2. The van der Waals surface area contributed by atoms with E-state index in [-0.39, 0.29) is 12.0 Å². The third-order valence-electron chi connectivity index (χ3n) is 3.02. The molecule has 0 aliphatic carbocycles. The molecule has 0 saturated heterocycles. The van der Waals surface area contributed by atoms with Crippen molar-refractivity contribution in [3.05, 3.63) is 35.4 Å². The Balaban J connectivity index is 2.71. The largest absolute Gasteiger partial charge is 0.395 e. The molecule has 0 atom stereocenters. The van der Waals surface area contributed by atoms with Gasteiger partial charge in [-0.05, 0) is 36.9 Å². The van der Waals surface area contributed by atoms with Crippen LogP contribution in [0, 0.1) is 0 Å². The van der Waals surface area contributed by atoms with Crippen molar-refractivity contribution in [1.82, 2.24) is 0 Å². The lowest BCUT2D eigenvalue weighted by atomic mass is 9.84. The molecular weight excluding hydrogens is 198 g/mol. The van der Waals surface area contributed by atoms with E-state index in [1.54, 1.807) is 0 Å². The third-order valence-corrected chi connectivity index (χ3v) is 3.02. The summed E-state index contributed by atoms with van der Waals surface area (Å²) in [7, 11) is 0. The summed E-state index contributed by atoms with van der Waals surface area (Å²) in [6.45, 7) is 5.07. The Hall–Kier alpha value is -0.860. The zero-order valence-corrected chi connectivity index (χ0v) is 10.4. The van der Waals surface area contributed by atoms with Crippen molar-refractivity contribution in [3.63, 3.8) is 0 Å². The second-order valence-electron chi connectivity index (χ2n) is 4.99. The Morgan fingerprint density at radius 3 is 2.62 bits per heavy atom. The molecule has 0 amide bonds. The number of aryl methyl sites for hydroxylation is 1. The van der Waals surface area contributed by atoms with E-state index in [0.717, 1.165) is 25.8 Å². The maximum absolute atomic E-state index is 9.34. The van der Waals surface area contributed by atoms with E-state index >= 15 is 0 Å². The van der Waals surface area contributed by atoms with Gasteiger partial charge in [0, 0.05) is 5.41 Å². The third kappa shape index (κ3) is 3.62. The molecule has 0 aromatic heterocycles. The number of benzene rings is 1. The van der Waals surface area contributed by atoms with Crippen LogP contribution in [0.5, 0.6) is 0 Å². The molecule has 2 heteroatoms. The predicted octanol–water partition coefficient (Wildman–Crippen LogP) is 2.24. The summed E-state index contributed by atoms with van der Waals surface area (Å²) in [6.07, 6.45) is 3.29. The molecule has 1 rings (SSSR count). The van der Waals surface area contributed by atoms with Gasteiger partial charge < -0.3 is 10.8 Å². The zero-order chi connectivity index (χ0) is 12.0. The number of hydrogen-bond acceptors (Lipinski definition) is 2. The van der Waals surface area contributed by atoms with Crippen LogP contribution < -0.4 is 5.73 Å². The lowest BCUT2D eigenvalue weighted by Gasteiger charge is -2.22. The van der Waals surface area contributed by atoms with Gasteiger partial charge in [-0.3, -0.25) is 0 Å². The maximum Gasteiger partial charge on any atom is 0.0522 e. The fourth-order valence-corrected chi connectivity index (χ4v) is 1.71. The quantitative estimate of drug-likeness (QED) is 0.724. The van der Waals surface area contributed by atoms with Crippen LogP contribution in [0.3, 0.4) is 0 Å². The number of aliphatic hydroxyl groups is 1. The van der Waals surface area contributed by atoms with E-state index in [1.165, 1.54) is 11.1 Å². The van der Waals surface area contributed by atoms with Crippen molar-refractivity contribution in [3.8, 4) is 0 Å². The summed E-state index contributed by atoms with van der Waals surface area (Å²) in [5.74, 6) is 0. The van der Waals surface area contributed by atoms with Crippen LogP contribution in [0.15, 0.2) is 24.3 Å². The Morgan fingerprint density at radius 1 is 1.25 bits per heavy atom. The molecule has 0 unspecified atom stereocenters. The molecule has 0 spiro atoms. The molecule has 0 heterocycles. The Kier molecular flexibility index (Phi) is 4.97. The first-order valence-corrected chi connectivity index (χ1v) is 6.00. The minimum Gasteiger partial charge on any atom is -0.395 e. The lowest BCUT2D eigenvalue weighted by Crippen LogP contribution is -2.22. The van der Waals surface area contributed by atoms with Crippen molar-refractivity contribution in [2.75, 3.05) is 13.2 Å². The molecule has 0 bridgehead atoms. The van der Waals surface area contributed by atoms with E-state index in [0.29, 0.717) is 0 Å². The normalized spacial score (nSPS) is 11.8. The Morgan fingerprint density at radius 2 is 2.00 bits per heavy atom.